The third-order valence-electron chi connectivity index (χ3n) is 2.99. The molecule has 1 aromatic carbocycles. The fourth-order valence-corrected chi connectivity index (χ4v) is 2.12. The Balaban J connectivity index is 2.96. The van der Waals surface area contributed by atoms with E-state index in [0.29, 0.717) is 12.3 Å². The summed E-state index contributed by atoms with van der Waals surface area (Å²) in [5.41, 5.74) is 0.273. The van der Waals surface area contributed by atoms with Gasteiger partial charge in [-0.1, -0.05) is 30.3 Å². The van der Waals surface area contributed by atoms with Gasteiger partial charge in [-0.2, -0.15) is 12.6 Å². The third-order valence-corrected chi connectivity index (χ3v) is 3.21. The number of nitrogens with zero attached hydrogens (tertiary/aromatic N) is 1. The first-order valence-corrected chi connectivity index (χ1v) is 7.91. The number of likely N-dealkylation sites (N-methyl/N-ethyl adjacent to an activating group) is 1. The predicted molar refractivity (Wildman–Crippen MR) is 90.7 cm³/mol. The summed E-state index contributed by atoms with van der Waals surface area (Å²) in [6, 6.07) is 8.67. The summed E-state index contributed by atoms with van der Waals surface area (Å²) in [7, 11) is 1.66. The van der Waals surface area contributed by atoms with Crippen molar-refractivity contribution in [3.05, 3.63) is 35.9 Å². The molecule has 5 nitrogen and oxygen atoms in total. The Kier molecular flexibility index (Phi) is 7.35. The second kappa shape index (κ2) is 8.53. The molecule has 0 aliphatic heterocycles. The van der Waals surface area contributed by atoms with Crippen LogP contribution in [0.15, 0.2) is 30.3 Å². The SMILES string of the molecule is CN(C(O)OC(C)(C)C)C(C(=O)NCCS)c1ccccc1. The molecule has 1 aromatic rings. The Morgan fingerprint density at radius 1 is 1.36 bits per heavy atom. The van der Waals surface area contributed by atoms with E-state index in [9.17, 15) is 9.90 Å². The Bertz CT molecular complexity index is 462. The zero-order valence-electron chi connectivity index (χ0n) is 13.6. The lowest BCUT2D eigenvalue weighted by molar-refractivity contribution is -0.241. The van der Waals surface area contributed by atoms with Crippen LogP contribution in [0.5, 0.6) is 0 Å². The van der Waals surface area contributed by atoms with E-state index in [1.54, 1.807) is 7.05 Å². The summed E-state index contributed by atoms with van der Waals surface area (Å²) in [6.07, 6.45) is -1.19. The molecule has 0 saturated heterocycles. The van der Waals surface area contributed by atoms with Crippen molar-refractivity contribution in [3.63, 3.8) is 0 Å². The number of ether oxygens (including phenoxy) is 1. The van der Waals surface area contributed by atoms with Crippen LogP contribution >= 0.6 is 12.6 Å². The van der Waals surface area contributed by atoms with Gasteiger partial charge in [-0.05, 0) is 33.4 Å². The van der Waals surface area contributed by atoms with Crippen LogP contribution < -0.4 is 5.32 Å². The number of amides is 1. The highest BCUT2D eigenvalue weighted by molar-refractivity contribution is 7.80. The quantitative estimate of drug-likeness (QED) is 0.528. The van der Waals surface area contributed by atoms with Gasteiger partial charge >= 0.3 is 0 Å². The summed E-state index contributed by atoms with van der Waals surface area (Å²) in [5.74, 6) is 0.358. The van der Waals surface area contributed by atoms with Crippen LogP contribution in [0.3, 0.4) is 0 Å². The Hall–Kier alpha value is -1.08. The average molecular weight is 326 g/mol. The van der Waals surface area contributed by atoms with Gasteiger partial charge in [0.2, 0.25) is 12.3 Å². The minimum atomic E-state index is -1.19. The third kappa shape index (κ3) is 5.96. The number of carbonyl (C=O) groups is 1. The number of aliphatic hydroxyl groups excluding tert-OH is 1. The van der Waals surface area contributed by atoms with Gasteiger partial charge in [0.05, 0.1) is 5.60 Å². The zero-order chi connectivity index (χ0) is 16.8. The van der Waals surface area contributed by atoms with Crippen LogP contribution in [0, 0.1) is 0 Å². The van der Waals surface area contributed by atoms with Gasteiger partial charge in [-0.3, -0.25) is 4.79 Å². The topological polar surface area (TPSA) is 61.8 Å². The first-order valence-electron chi connectivity index (χ1n) is 7.27. The summed E-state index contributed by atoms with van der Waals surface area (Å²) in [6.45, 7) is 6.02. The first kappa shape index (κ1) is 19.0. The van der Waals surface area contributed by atoms with Crippen LogP contribution in [0.25, 0.3) is 0 Å². The molecular formula is C16H26N2O3S. The summed E-state index contributed by atoms with van der Waals surface area (Å²) < 4.78 is 5.54. The van der Waals surface area contributed by atoms with Gasteiger partial charge < -0.3 is 15.2 Å². The van der Waals surface area contributed by atoms with Crippen LogP contribution in [0.1, 0.15) is 32.4 Å². The fourth-order valence-electron chi connectivity index (χ4n) is 2.01. The number of aliphatic hydroxyl groups is 1. The van der Waals surface area contributed by atoms with Gasteiger partial charge in [0, 0.05) is 12.3 Å². The molecule has 1 rings (SSSR count). The maximum absolute atomic E-state index is 12.5. The highest BCUT2D eigenvalue weighted by Crippen LogP contribution is 2.23. The van der Waals surface area contributed by atoms with E-state index in [1.807, 2.05) is 51.1 Å². The Labute approximate surface area is 138 Å². The highest BCUT2D eigenvalue weighted by Gasteiger charge is 2.31. The van der Waals surface area contributed by atoms with E-state index in [0.717, 1.165) is 5.56 Å². The van der Waals surface area contributed by atoms with Crippen molar-refractivity contribution >= 4 is 18.5 Å². The molecule has 0 heterocycles. The molecule has 0 spiro atoms. The molecule has 0 radical (unpaired) electrons. The van der Waals surface area contributed by atoms with Crippen molar-refractivity contribution in [2.45, 2.75) is 38.8 Å². The average Bonchev–Trinajstić information content (AvgIpc) is 2.44. The molecule has 2 unspecified atom stereocenters. The zero-order valence-corrected chi connectivity index (χ0v) is 14.5. The highest BCUT2D eigenvalue weighted by atomic mass is 32.1. The summed E-state index contributed by atoms with van der Waals surface area (Å²) in [4.78, 5) is 14.0. The monoisotopic (exact) mass is 326 g/mol. The molecule has 0 aliphatic rings. The van der Waals surface area contributed by atoms with E-state index in [-0.39, 0.29) is 5.91 Å². The standard InChI is InChI=1S/C16H26N2O3S/c1-16(2,3)21-15(20)18(4)13(14(19)17-10-11-22)12-8-6-5-7-9-12/h5-9,13,15,20,22H,10-11H2,1-4H3,(H,17,19). The molecular weight excluding hydrogens is 300 g/mol. The molecule has 2 N–H and O–H groups in total. The van der Waals surface area contributed by atoms with Crippen LogP contribution in [-0.2, 0) is 9.53 Å². The molecule has 0 fully saturated rings. The van der Waals surface area contributed by atoms with Crippen molar-refractivity contribution in [2.75, 3.05) is 19.3 Å². The number of rotatable bonds is 7. The van der Waals surface area contributed by atoms with Gasteiger partial charge in [0.1, 0.15) is 6.04 Å². The number of benzene rings is 1. The molecule has 124 valence electrons. The Morgan fingerprint density at radius 2 is 1.95 bits per heavy atom. The lowest BCUT2D eigenvalue weighted by Gasteiger charge is -2.34. The normalized spacial score (nSPS) is 14.7. The minimum absolute atomic E-state index is 0.195. The smallest absolute Gasteiger partial charge is 0.242 e. The second-order valence-corrected chi connectivity index (χ2v) is 6.50. The summed E-state index contributed by atoms with van der Waals surface area (Å²) in [5, 5.41) is 13.1. The molecule has 0 saturated carbocycles. The van der Waals surface area contributed by atoms with E-state index in [4.69, 9.17) is 4.74 Å². The molecule has 22 heavy (non-hydrogen) atoms. The predicted octanol–water partition coefficient (Wildman–Crippen LogP) is 1.80. The molecule has 0 aliphatic carbocycles. The van der Waals surface area contributed by atoms with E-state index in [2.05, 4.69) is 17.9 Å². The largest absolute Gasteiger partial charge is 0.356 e. The van der Waals surface area contributed by atoms with Crippen molar-refractivity contribution in [2.24, 2.45) is 0 Å². The lowest BCUT2D eigenvalue weighted by Crippen LogP contribution is -2.47. The van der Waals surface area contributed by atoms with E-state index < -0.39 is 18.1 Å². The lowest BCUT2D eigenvalue weighted by atomic mass is 10.1. The van der Waals surface area contributed by atoms with E-state index in [1.165, 1.54) is 4.90 Å². The van der Waals surface area contributed by atoms with Gasteiger partial charge in [0.25, 0.3) is 0 Å². The number of hydrogen-bond donors (Lipinski definition) is 3. The van der Waals surface area contributed by atoms with Crippen molar-refractivity contribution in [1.29, 1.82) is 0 Å². The minimum Gasteiger partial charge on any atom is -0.356 e. The fraction of sp³-hybridized carbons (Fsp3) is 0.562. The molecule has 0 aromatic heterocycles. The van der Waals surface area contributed by atoms with Crippen molar-refractivity contribution < 1.29 is 14.6 Å². The number of carbonyl (C=O) groups excluding carboxylic acids is 1. The molecule has 2 atom stereocenters. The Morgan fingerprint density at radius 3 is 2.45 bits per heavy atom. The molecule has 6 heteroatoms. The van der Waals surface area contributed by atoms with Gasteiger partial charge in [-0.15, -0.1) is 0 Å². The first-order chi connectivity index (χ1) is 10.3. The molecule has 1 amide bonds. The van der Waals surface area contributed by atoms with E-state index >= 15 is 0 Å². The van der Waals surface area contributed by atoms with Crippen molar-refractivity contribution in [3.8, 4) is 0 Å². The maximum Gasteiger partial charge on any atom is 0.242 e. The van der Waals surface area contributed by atoms with Gasteiger partial charge in [-0.25, -0.2) is 4.90 Å². The summed E-state index contributed by atoms with van der Waals surface area (Å²) >= 11 is 4.10. The number of nitrogens with one attached hydrogen (secondary N) is 1. The number of hydrogen-bond acceptors (Lipinski definition) is 5. The van der Waals surface area contributed by atoms with Gasteiger partial charge in [0.15, 0.2) is 0 Å². The molecule has 0 bridgehead atoms. The van der Waals surface area contributed by atoms with Crippen LogP contribution in [0.4, 0.5) is 0 Å². The number of thiol groups is 1. The maximum atomic E-state index is 12.5. The van der Waals surface area contributed by atoms with Crippen LogP contribution in [0.2, 0.25) is 0 Å². The van der Waals surface area contributed by atoms with Crippen LogP contribution in [-0.4, -0.2) is 47.3 Å². The second-order valence-electron chi connectivity index (χ2n) is 6.05. The van der Waals surface area contributed by atoms with Crippen molar-refractivity contribution in [1.82, 2.24) is 10.2 Å².